The summed E-state index contributed by atoms with van der Waals surface area (Å²) in [6, 6.07) is 11.7. The number of benzene rings is 2. The van der Waals surface area contributed by atoms with Crippen LogP contribution in [0.3, 0.4) is 0 Å². The third-order valence-corrected chi connectivity index (χ3v) is 4.45. The number of nitrogens with zero attached hydrogens (tertiary/aromatic N) is 1. The van der Waals surface area contributed by atoms with Crippen LogP contribution in [0.15, 0.2) is 51.7 Å². The van der Waals surface area contributed by atoms with Gasteiger partial charge in [0.1, 0.15) is 11.3 Å². The second-order valence-corrected chi connectivity index (χ2v) is 6.72. The number of methoxy groups -OCH3 is 1. The van der Waals surface area contributed by atoms with E-state index in [1.54, 1.807) is 32.2 Å². The Kier molecular flexibility index (Phi) is 6.89. The summed E-state index contributed by atoms with van der Waals surface area (Å²) >= 11 is 0. The molecule has 0 aliphatic carbocycles. The molecule has 0 amide bonds. The van der Waals surface area contributed by atoms with E-state index in [1.807, 2.05) is 24.1 Å². The molecule has 1 aromatic heterocycles. The average molecular weight is 419 g/mol. The molecule has 1 heterocycles. The molecule has 6 nitrogen and oxygen atoms in total. The Hall–Kier alpha value is -3.13. The standard InChI is InChI=1S/C22H23F2NO5/c1-4-28-20-9-14(5-8-18(20)30-22(23)24)12-25(2)13-15-10-21(26)29-19-11-16(27-3)6-7-17(15)19/h5-11,22H,4,12-13H2,1-3H3. The highest BCUT2D eigenvalue weighted by molar-refractivity contribution is 5.81. The average Bonchev–Trinajstić information content (AvgIpc) is 2.69. The Morgan fingerprint density at radius 3 is 2.57 bits per heavy atom. The van der Waals surface area contributed by atoms with E-state index in [2.05, 4.69) is 4.74 Å². The predicted octanol–water partition coefficient (Wildman–Crippen LogP) is 4.43. The number of halogens is 2. The predicted molar refractivity (Wildman–Crippen MR) is 108 cm³/mol. The molecule has 0 radical (unpaired) electrons. The van der Waals surface area contributed by atoms with E-state index in [0.717, 1.165) is 16.5 Å². The van der Waals surface area contributed by atoms with Gasteiger partial charge in [0.25, 0.3) is 0 Å². The third kappa shape index (κ3) is 5.27. The fraction of sp³-hybridized carbons (Fsp3) is 0.318. The van der Waals surface area contributed by atoms with E-state index >= 15 is 0 Å². The van der Waals surface area contributed by atoms with Gasteiger partial charge in [-0.3, -0.25) is 4.90 Å². The Morgan fingerprint density at radius 2 is 1.87 bits per heavy atom. The number of alkyl halides is 2. The van der Waals surface area contributed by atoms with Crippen LogP contribution >= 0.6 is 0 Å². The van der Waals surface area contributed by atoms with Crippen molar-refractivity contribution in [2.45, 2.75) is 26.6 Å². The molecule has 0 aliphatic rings. The van der Waals surface area contributed by atoms with Crippen LogP contribution in [0, 0.1) is 0 Å². The van der Waals surface area contributed by atoms with Crippen LogP contribution in [0.2, 0.25) is 0 Å². The molecule has 3 aromatic rings. The Labute approximate surface area is 172 Å². The SMILES string of the molecule is CCOc1cc(CN(C)Cc2cc(=O)oc3cc(OC)ccc23)ccc1OC(F)F. The van der Waals surface area contributed by atoms with Gasteiger partial charge in [-0.2, -0.15) is 8.78 Å². The molecule has 0 bridgehead atoms. The van der Waals surface area contributed by atoms with Crippen molar-refractivity contribution in [2.75, 3.05) is 20.8 Å². The highest BCUT2D eigenvalue weighted by Gasteiger charge is 2.14. The van der Waals surface area contributed by atoms with E-state index < -0.39 is 12.2 Å². The number of hydrogen-bond acceptors (Lipinski definition) is 6. The van der Waals surface area contributed by atoms with Crippen LogP contribution in [0.5, 0.6) is 17.2 Å². The van der Waals surface area contributed by atoms with E-state index in [-0.39, 0.29) is 11.5 Å². The van der Waals surface area contributed by atoms with Crippen LogP contribution in [0.25, 0.3) is 11.0 Å². The van der Waals surface area contributed by atoms with Crippen molar-refractivity contribution in [3.05, 3.63) is 64.0 Å². The quantitative estimate of drug-likeness (QED) is 0.478. The number of ether oxygens (including phenoxy) is 3. The summed E-state index contributed by atoms with van der Waals surface area (Å²) in [5.41, 5.74) is 1.69. The number of rotatable bonds is 9. The molecular formula is C22H23F2NO5. The summed E-state index contributed by atoms with van der Waals surface area (Å²) in [6.07, 6.45) is 0. The maximum Gasteiger partial charge on any atom is 0.387 e. The van der Waals surface area contributed by atoms with Gasteiger partial charge in [-0.15, -0.1) is 0 Å². The molecule has 0 saturated heterocycles. The zero-order valence-electron chi connectivity index (χ0n) is 17.0. The normalized spacial score (nSPS) is 11.3. The van der Waals surface area contributed by atoms with Crippen LogP contribution in [-0.4, -0.2) is 32.3 Å². The minimum Gasteiger partial charge on any atom is -0.497 e. The van der Waals surface area contributed by atoms with Gasteiger partial charge in [-0.05, 0) is 49.4 Å². The molecule has 0 unspecified atom stereocenters. The van der Waals surface area contributed by atoms with Gasteiger partial charge in [-0.1, -0.05) is 6.07 Å². The van der Waals surface area contributed by atoms with Crippen molar-refractivity contribution in [2.24, 2.45) is 0 Å². The molecule has 160 valence electrons. The van der Waals surface area contributed by atoms with Crippen molar-refractivity contribution in [3.63, 3.8) is 0 Å². The molecule has 0 N–H and O–H groups in total. The smallest absolute Gasteiger partial charge is 0.387 e. The summed E-state index contributed by atoms with van der Waals surface area (Å²) in [7, 11) is 3.44. The first-order valence-corrected chi connectivity index (χ1v) is 9.39. The molecule has 0 saturated carbocycles. The molecule has 0 aliphatic heterocycles. The molecule has 2 aromatic carbocycles. The number of fused-ring (bicyclic) bond motifs is 1. The van der Waals surface area contributed by atoms with Gasteiger partial charge in [-0.25, -0.2) is 4.79 Å². The van der Waals surface area contributed by atoms with E-state index in [0.29, 0.717) is 31.0 Å². The Morgan fingerprint density at radius 1 is 1.07 bits per heavy atom. The Balaban J connectivity index is 1.81. The lowest BCUT2D eigenvalue weighted by atomic mass is 10.1. The van der Waals surface area contributed by atoms with Gasteiger partial charge in [0, 0.05) is 30.6 Å². The minimum atomic E-state index is -2.92. The van der Waals surface area contributed by atoms with Crippen molar-refractivity contribution < 1.29 is 27.4 Å². The monoisotopic (exact) mass is 419 g/mol. The summed E-state index contributed by atoms with van der Waals surface area (Å²) in [4.78, 5) is 14.0. The second-order valence-electron chi connectivity index (χ2n) is 6.72. The zero-order valence-corrected chi connectivity index (χ0v) is 17.0. The first kappa shape index (κ1) is 21.6. The summed E-state index contributed by atoms with van der Waals surface area (Å²) in [6.45, 7) is 0.162. The number of hydrogen-bond donors (Lipinski definition) is 0. The fourth-order valence-corrected chi connectivity index (χ4v) is 3.24. The van der Waals surface area contributed by atoms with Crippen LogP contribution in [-0.2, 0) is 13.1 Å². The van der Waals surface area contributed by atoms with Crippen molar-refractivity contribution in [3.8, 4) is 17.2 Å². The van der Waals surface area contributed by atoms with Gasteiger partial charge in [0.05, 0.1) is 13.7 Å². The molecule has 3 rings (SSSR count). The molecule has 30 heavy (non-hydrogen) atoms. The fourth-order valence-electron chi connectivity index (χ4n) is 3.24. The summed E-state index contributed by atoms with van der Waals surface area (Å²) < 4.78 is 45.6. The third-order valence-electron chi connectivity index (χ3n) is 4.45. The maximum atomic E-state index is 12.6. The van der Waals surface area contributed by atoms with E-state index in [1.165, 1.54) is 12.1 Å². The van der Waals surface area contributed by atoms with Gasteiger partial charge in [0.15, 0.2) is 11.5 Å². The van der Waals surface area contributed by atoms with Gasteiger partial charge >= 0.3 is 12.2 Å². The van der Waals surface area contributed by atoms with Crippen molar-refractivity contribution in [1.82, 2.24) is 4.90 Å². The molecule has 8 heteroatoms. The molecule has 0 spiro atoms. The first-order valence-electron chi connectivity index (χ1n) is 9.39. The van der Waals surface area contributed by atoms with E-state index in [9.17, 15) is 13.6 Å². The summed E-state index contributed by atoms with van der Waals surface area (Å²) in [5.74, 6) is 0.867. The lowest BCUT2D eigenvalue weighted by Crippen LogP contribution is -2.18. The second kappa shape index (κ2) is 9.58. The van der Waals surface area contributed by atoms with E-state index in [4.69, 9.17) is 13.9 Å². The first-order chi connectivity index (χ1) is 14.4. The summed E-state index contributed by atoms with van der Waals surface area (Å²) in [5, 5.41) is 0.818. The van der Waals surface area contributed by atoms with Crippen molar-refractivity contribution >= 4 is 11.0 Å². The van der Waals surface area contributed by atoms with Gasteiger partial charge in [0.2, 0.25) is 0 Å². The highest BCUT2D eigenvalue weighted by atomic mass is 19.3. The van der Waals surface area contributed by atoms with Crippen molar-refractivity contribution in [1.29, 1.82) is 0 Å². The van der Waals surface area contributed by atoms with Crippen LogP contribution in [0.4, 0.5) is 8.78 Å². The van der Waals surface area contributed by atoms with Crippen LogP contribution < -0.4 is 19.8 Å². The topological polar surface area (TPSA) is 61.1 Å². The lowest BCUT2D eigenvalue weighted by Gasteiger charge is -2.19. The largest absolute Gasteiger partial charge is 0.497 e. The Bertz CT molecular complexity index is 1070. The molecular weight excluding hydrogens is 396 g/mol. The van der Waals surface area contributed by atoms with Gasteiger partial charge < -0.3 is 18.6 Å². The zero-order chi connectivity index (χ0) is 21.7. The maximum absolute atomic E-state index is 12.6. The highest BCUT2D eigenvalue weighted by Crippen LogP contribution is 2.30. The molecule has 0 atom stereocenters. The lowest BCUT2D eigenvalue weighted by molar-refractivity contribution is -0.0514. The van der Waals surface area contributed by atoms with Crippen LogP contribution in [0.1, 0.15) is 18.1 Å². The molecule has 0 fully saturated rings. The minimum absolute atomic E-state index is 0.00105.